The Morgan fingerprint density at radius 1 is 0.446 bits per heavy atom. The van der Waals surface area contributed by atoms with Crippen molar-refractivity contribution in [3.8, 4) is 0 Å². The van der Waals surface area contributed by atoms with Gasteiger partial charge in [0.2, 0.25) is 0 Å². The van der Waals surface area contributed by atoms with Gasteiger partial charge in [0, 0.05) is 12.0 Å². The van der Waals surface area contributed by atoms with E-state index in [9.17, 15) is 141 Å². The van der Waals surface area contributed by atoms with Crippen LogP contribution in [0, 0.1) is 0 Å². The Labute approximate surface area is 285 Å². The van der Waals surface area contributed by atoms with Crippen molar-refractivity contribution < 1.29 is 151 Å². The van der Waals surface area contributed by atoms with Crippen LogP contribution in [-0.4, -0.2) is 113 Å². The van der Waals surface area contributed by atoms with Crippen LogP contribution in [0.15, 0.2) is 12.2 Å². The molecule has 0 bridgehead atoms. The summed E-state index contributed by atoms with van der Waals surface area (Å²) in [4.78, 5) is 11.1. The number of rotatable bonds is 17. The topological polar surface area (TPSA) is 46.5 Å². The van der Waals surface area contributed by atoms with Gasteiger partial charge in [0.15, 0.2) is 0 Å². The standard InChI is InChI=1S/C22H11F31O3/c1-5(2)7(55)56-4-6(54)3-8(23,24)10(26,27)13(32,33)15(36,37)17(40,41)19(44,45)20(46,47)18(42,43)16(38,39)14(34,35)11(28,29)9(25,21(48,49)50)12(30,31)22(51,52)53/h6,54H,1,3-4H2,2H3. The van der Waals surface area contributed by atoms with Crippen molar-refractivity contribution in [2.24, 2.45) is 0 Å². The Kier molecular flexibility index (Phi) is 13.1. The molecule has 0 heterocycles. The number of hydrogen-bond acceptors (Lipinski definition) is 3. The van der Waals surface area contributed by atoms with Gasteiger partial charge in [-0.05, 0) is 6.92 Å². The lowest BCUT2D eigenvalue weighted by molar-refractivity contribution is -0.492. The Balaban J connectivity index is 7.59. The average Bonchev–Trinajstić information content (AvgIpc) is 2.96. The van der Waals surface area contributed by atoms with Gasteiger partial charge < -0.3 is 9.84 Å². The van der Waals surface area contributed by atoms with Crippen LogP contribution >= 0.6 is 0 Å². The second-order valence-electron chi connectivity index (χ2n) is 10.9. The van der Waals surface area contributed by atoms with Gasteiger partial charge in [-0.2, -0.15) is 132 Å². The zero-order valence-electron chi connectivity index (χ0n) is 25.2. The summed E-state index contributed by atoms with van der Waals surface area (Å²) in [6, 6.07) is 0. The van der Waals surface area contributed by atoms with E-state index < -0.39 is 120 Å². The number of aliphatic hydroxyl groups is 1. The number of aliphatic hydroxyl groups excluding tert-OH is 1. The summed E-state index contributed by atoms with van der Waals surface area (Å²) in [6.07, 6.45) is -25.0. The molecule has 0 aromatic carbocycles. The van der Waals surface area contributed by atoms with E-state index in [0.29, 0.717) is 0 Å². The maximum Gasteiger partial charge on any atom is 0.457 e. The fourth-order valence-electron chi connectivity index (χ4n) is 3.55. The Morgan fingerprint density at radius 3 is 0.929 bits per heavy atom. The molecule has 0 spiro atoms. The molecule has 0 fully saturated rings. The minimum Gasteiger partial charge on any atom is -0.460 e. The predicted molar refractivity (Wildman–Crippen MR) is 112 cm³/mol. The molecule has 0 saturated heterocycles. The van der Waals surface area contributed by atoms with Crippen LogP contribution in [0.3, 0.4) is 0 Å². The summed E-state index contributed by atoms with van der Waals surface area (Å²) >= 11 is 0. The molecule has 3 nitrogen and oxygen atoms in total. The Bertz CT molecular complexity index is 1450. The third-order valence-electron chi connectivity index (χ3n) is 6.87. The van der Waals surface area contributed by atoms with Crippen molar-refractivity contribution >= 4 is 5.97 Å². The number of esters is 1. The van der Waals surface area contributed by atoms with Crippen molar-refractivity contribution in [3.63, 3.8) is 0 Å². The van der Waals surface area contributed by atoms with Gasteiger partial charge in [0.1, 0.15) is 6.61 Å². The van der Waals surface area contributed by atoms with E-state index in [1.807, 2.05) is 0 Å². The van der Waals surface area contributed by atoms with Crippen molar-refractivity contribution in [1.29, 1.82) is 0 Å². The summed E-state index contributed by atoms with van der Waals surface area (Å²) in [7, 11) is 0. The van der Waals surface area contributed by atoms with Gasteiger partial charge in [0.05, 0.1) is 6.10 Å². The van der Waals surface area contributed by atoms with E-state index in [1.54, 1.807) is 0 Å². The fourth-order valence-corrected chi connectivity index (χ4v) is 3.55. The van der Waals surface area contributed by atoms with Crippen molar-refractivity contribution in [2.45, 2.75) is 109 Å². The number of ether oxygens (including phenoxy) is 1. The lowest BCUT2D eigenvalue weighted by atomic mass is 9.79. The van der Waals surface area contributed by atoms with Gasteiger partial charge >= 0.3 is 95.1 Å². The van der Waals surface area contributed by atoms with Crippen molar-refractivity contribution in [3.05, 3.63) is 12.2 Å². The largest absolute Gasteiger partial charge is 0.460 e. The van der Waals surface area contributed by atoms with Crippen LogP contribution in [0.5, 0.6) is 0 Å². The molecule has 2 atom stereocenters. The summed E-state index contributed by atoms with van der Waals surface area (Å²) < 4.78 is 427. The molecule has 34 heteroatoms. The minimum atomic E-state index is -10.2. The van der Waals surface area contributed by atoms with Gasteiger partial charge in [-0.1, -0.05) is 6.58 Å². The summed E-state index contributed by atoms with van der Waals surface area (Å²) in [6.45, 7) is 1.41. The first-order chi connectivity index (χ1) is 23.7. The normalized spacial score (nSPS) is 17.7. The lowest BCUT2D eigenvalue weighted by Crippen LogP contribution is -2.81. The highest BCUT2D eigenvalue weighted by Crippen LogP contribution is 2.70. The molecule has 0 aliphatic carbocycles. The highest BCUT2D eigenvalue weighted by Gasteiger charge is 3.02. The Morgan fingerprint density at radius 2 is 0.696 bits per heavy atom. The predicted octanol–water partition coefficient (Wildman–Crippen LogP) is 10.3. The van der Waals surface area contributed by atoms with Crippen LogP contribution < -0.4 is 0 Å². The van der Waals surface area contributed by atoms with Gasteiger partial charge in [-0.3, -0.25) is 0 Å². The van der Waals surface area contributed by atoms with Crippen LogP contribution in [0.4, 0.5) is 136 Å². The molecule has 0 aromatic heterocycles. The molecule has 0 aliphatic heterocycles. The van der Waals surface area contributed by atoms with Gasteiger partial charge in [-0.25, -0.2) is 9.18 Å². The maximum absolute atomic E-state index is 14.0. The highest BCUT2D eigenvalue weighted by molar-refractivity contribution is 5.86. The van der Waals surface area contributed by atoms with E-state index >= 15 is 0 Å². The number of hydrogen-bond donors (Lipinski definition) is 1. The maximum atomic E-state index is 14.0. The van der Waals surface area contributed by atoms with Crippen LogP contribution in [0.2, 0.25) is 0 Å². The molecule has 56 heavy (non-hydrogen) atoms. The SMILES string of the molecule is C=C(C)C(=O)OCC(O)CC(F)(F)C(F)(F)C(F)(F)C(F)(F)C(F)(F)C(F)(F)C(F)(F)C(F)(F)C(F)(F)C(F)(F)C(F)(F)C(F)(C(F)(F)F)C(F)(F)C(F)(F)F. The number of carbonyl (C=O) groups is 1. The fraction of sp³-hybridized carbons (Fsp3) is 0.864. The number of halogens is 31. The molecular weight excluding hydrogens is 901 g/mol. The summed E-state index contributed by atoms with van der Waals surface area (Å²) in [5.74, 6) is -117. The second-order valence-corrected chi connectivity index (χ2v) is 10.9. The van der Waals surface area contributed by atoms with Gasteiger partial charge in [0.25, 0.3) is 0 Å². The minimum absolute atomic E-state index is 0.722. The number of carbonyl (C=O) groups excluding carboxylic acids is 1. The Hall–Kier alpha value is -3.00. The quantitative estimate of drug-likeness (QED) is 0.0899. The molecule has 0 rings (SSSR count). The molecule has 334 valence electrons. The summed E-state index contributed by atoms with van der Waals surface area (Å²) in [5, 5.41) is 9.14. The van der Waals surface area contributed by atoms with Crippen molar-refractivity contribution in [1.82, 2.24) is 0 Å². The van der Waals surface area contributed by atoms with Crippen LogP contribution in [0.25, 0.3) is 0 Å². The first kappa shape index (κ1) is 53.0. The molecular formula is C22H11F31O3. The highest BCUT2D eigenvalue weighted by atomic mass is 19.4. The van der Waals surface area contributed by atoms with E-state index in [1.165, 1.54) is 0 Å². The van der Waals surface area contributed by atoms with E-state index in [4.69, 9.17) is 5.11 Å². The molecule has 0 aromatic rings. The summed E-state index contributed by atoms with van der Waals surface area (Å²) in [5.41, 5.74) is -10.6. The molecule has 0 aliphatic rings. The zero-order valence-corrected chi connectivity index (χ0v) is 25.2. The van der Waals surface area contributed by atoms with E-state index in [2.05, 4.69) is 11.3 Å². The van der Waals surface area contributed by atoms with Crippen molar-refractivity contribution in [2.75, 3.05) is 6.61 Å². The second kappa shape index (κ2) is 13.8. The first-order valence-electron chi connectivity index (χ1n) is 12.6. The zero-order chi connectivity index (χ0) is 46.4. The molecule has 0 radical (unpaired) electrons. The number of alkyl halides is 31. The van der Waals surface area contributed by atoms with E-state index in [0.717, 1.165) is 6.92 Å². The lowest BCUT2D eigenvalue weighted by Gasteiger charge is -2.47. The first-order valence-corrected chi connectivity index (χ1v) is 12.6. The molecule has 2 unspecified atom stereocenters. The monoisotopic (exact) mass is 912 g/mol. The molecule has 1 N–H and O–H groups in total. The average molecular weight is 912 g/mol. The molecule has 0 amide bonds. The smallest absolute Gasteiger partial charge is 0.457 e. The molecule has 0 saturated carbocycles. The van der Waals surface area contributed by atoms with Crippen LogP contribution in [-0.2, 0) is 9.53 Å². The third-order valence-corrected chi connectivity index (χ3v) is 6.87. The third kappa shape index (κ3) is 6.79. The van der Waals surface area contributed by atoms with Gasteiger partial charge in [-0.15, -0.1) is 0 Å². The van der Waals surface area contributed by atoms with E-state index in [-0.39, 0.29) is 0 Å². The van der Waals surface area contributed by atoms with Crippen LogP contribution in [0.1, 0.15) is 13.3 Å².